The third kappa shape index (κ3) is 6.80. The number of rotatable bonds is 8. The van der Waals surface area contributed by atoms with Crippen molar-refractivity contribution in [3.05, 3.63) is 0 Å². The Morgan fingerprint density at radius 2 is 1.96 bits per heavy atom. The lowest BCUT2D eigenvalue weighted by Gasteiger charge is -2.35. The Labute approximate surface area is 153 Å². The number of nitrogens with zero attached hydrogens (tertiary/aromatic N) is 2. The van der Waals surface area contributed by atoms with Gasteiger partial charge in [0.15, 0.2) is 0 Å². The largest absolute Gasteiger partial charge is 0.480 e. The van der Waals surface area contributed by atoms with Crippen molar-refractivity contribution >= 4 is 21.9 Å². The number of amides is 1. The minimum absolute atomic E-state index is 0.0147. The summed E-state index contributed by atoms with van der Waals surface area (Å²) in [7, 11) is -3.69. The van der Waals surface area contributed by atoms with Gasteiger partial charge in [-0.1, -0.05) is 0 Å². The molecule has 0 spiro atoms. The summed E-state index contributed by atoms with van der Waals surface area (Å²) in [5.74, 6) is -1.43. The lowest BCUT2D eigenvalue weighted by Crippen LogP contribution is -2.52. The van der Waals surface area contributed by atoms with Gasteiger partial charge in [-0.05, 0) is 12.8 Å². The molecule has 1 amide bonds. The number of carboxylic acid groups (broad SMARTS) is 1. The van der Waals surface area contributed by atoms with Crippen molar-refractivity contribution in [2.24, 2.45) is 0 Å². The molecule has 26 heavy (non-hydrogen) atoms. The fourth-order valence-corrected chi connectivity index (χ4v) is 3.66. The van der Waals surface area contributed by atoms with Crippen molar-refractivity contribution in [1.29, 1.82) is 0 Å². The molecule has 0 aliphatic carbocycles. The number of aliphatic carboxylic acids is 1. The molecular formula is C15H26N2O8S. The van der Waals surface area contributed by atoms with Crippen LogP contribution in [-0.2, 0) is 33.8 Å². The first-order valence-corrected chi connectivity index (χ1v) is 10.4. The summed E-state index contributed by atoms with van der Waals surface area (Å²) < 4.78 is 40.7. The molecular weight excluding hydrogens is 368 g/mol. The average Bonchev–Trinajstić information content (AvgIpc) is 2.59. The van der Waals surface area contributed by atoms with E-state index in [4.69, 9.17) is 19.3 Å². The smallest absolute Gasteiger partial charge is 0.318 e. The fraction of sp³-hybridized carbons (Fsp3) is 0.867. The summed E-state index contributed by atoms with van der Waals surface area (Å²) in [5.41, 5.74) is 0. The standard InChI is InChI=1S/C15H26N2O8S/c1-26(21,22)17(10-15(19)20)9-13-8-16(4-7-24-13)14(18)11-25-12-2-5-23-6-3-12/h12-13H,2-11H2,1H3,(H,19,20). The molecule has 1 N–H and O–H groups in total. The van der Waals surface area contributed by atoms with Gasteiger partial charge in [-0.2, -0.15) is 4.31 Å². The predicted octanol–water partition coefficient (Wildman–Crippen LogP) is -1.24. The highest BCUT2D eigenvalue weighted by Gasteiger charge is 2.30. The maximum absolute atomic E-state index is 12.3. The second-order valence-corrected chi connectivity index (χ2v) is 8.39. The molecule has 2 rings (SSSR count). The molecule has 10 nitrogen and oxygen atoms in total. The van der Waals surface area contributed by atoms with E-state index in [-0.39, 0.29) is 38.3 Å². The van der Waals surface area contributed by atoms with Crippen LogP contribution in [0.25, 0.3) is 0 Å². The maximum atomic E-state index is 12.3. The van der Waals surface area contributed by atoms with E-state index < -0.39 is 28.6 Å². The third-order valence-corrected chi connectivity index (χ3v) is 5.51. The topological polar surface area (TPSA) is 123 Å². The number of carbonyl (C=O) groups excluding carboxylic acids is 1. The van der Waals surface area contributed by atoms with Crippen LogP contribution in [0.4, 0.5) is 0 Å². The van der Waals surface area contributed by atoms with Gasteiger partial charge in [0.1, 0.15) is 13.2 Å². The molecule has 2 aliphatic rings. The normalized spacial score (nSPS) is 22.5. The van der Waals surface area contributed by atoms with Gasteiger partial charge in [-0.15, -0.1) is 0 Å². The first kappa shape index (κ1) is 21.0. The van der Waals surface area contributed by atoms with E-state index in [1.807, 2.05) is 0 Å². The van der Waals surface area contributed by atoms with Gasteiger partial charge in [-0.25, -0.2) is 8.42 Å². The molecule has 2 aliphatic heterocycles. The lowest BCUT2D eigenvalue weighted by molar-refractivity contribution is -0.148. The molecule has 1 unspecified atom stereocenters. The summed E-state index contributed by atoms with van der Waals surface area (Å²) in [6, 6.07) is 0. The zero-order valence-electron chi connectivity index (χ0n) is 14.8. The van der Waals surface area contributed by atoms with Crippen LogP contribution < -0.4 is 0 Å². The molecule has 2 fully saturated rings. The van der Waals surface area contributed by atoms with Crippen molar-refractivity contribution in [3.63, 3.8) is 0 Å². The minimum atomic E-state index is -3.69. The predicted molar refractivity (Wildman–Crippen MR) is 90.2 cm³/mol. The number of hydrogen-bond acceptors (Lipinski definition) is 7. The van der Waals surface area contributed by atoms with Crippen LogP contribution in [0.5, 0.6) is 0 Å². The van der Waals surface area contributed by atoms with Crippen LogP contribution in [-0.4, -0.2) is 106 Å². The molecule has 2 saturated heterocycles. The minimum Gasteiger partial charge on any atom is -0.480 e. The van der Waals surface area contributed by atoms with Crippen LogP contribution in [0.2, 0.25) is 0 Å². The second kappa shape index (κ2) is 9.60. The van der Waals surface area contributed by atoms with Crippen molar-refractivity contribution in [1.82, 2.24) is 9.21 Å². The Balaban J connectivity index is 1.84. The van der Waals surface area contributed by atoms with Gasteiger partial charge in [0.2, 0.25) is 15.9 Å². The van der Waals surface area contributed by atoms with E-state index in [2.05, 4.69) is 0 Å². The van der Waals surface area contributed by atoms with Crippen LogP contribution in [0, 0.1) is 0 Å². The van der Waals surface area contributed by atoms with E-state index in [0.29, 0.717) is 19.8 Å². The molecule has 0 saturated carbocycles. The Kier molecular flexibility index (Phi) is 7.77. The molecule has 2 heterocycles. The maximum Gasteiger partial charge on any atom is 0.318 e. The van der Waals surface area contributed by atoms with E-state index in [0.717, 1.165) is 23.4 Å². The lowest BCUT2D eigenvalue weighted by atomic mass is 10.1. The van der Waals surface area contributed by atoms with E-state index in [9.17, 15) is 18.0 Å². The molecule has 0 aromatic heterocycles. The van der Waals surface area contributed by atoms with Gasteiger partial charge >= 0.3 is 5.97 Å². The first-order valence-electron chi connectivity index (χ1n) is 8.51. The quantitative estimate of drug-likeness (QED) is 0.542. The Morgan fingerprint density at radius 3 is 2.58 bits per heavy atom. The van der Waals surface area contributed by atoms with Crippen molar-refractivity contribution < 1.29 is 37.3 Å². The Hall–Kier alpha value is -1.27. The van der Waals surface area contributed by atoms with Crippen molar-refractivity contribution in [2.75, 3.05) is 58.9 Å². The number of ether oxygens (including phenoxy) is 3. The Bertz CT molecular complexity index is 590. The molecule has 150 valence electrons. The van der Waals surface area contributed by atoms with Crippen LogP contribution >= 0.6 is 0 Å². The van der Waals surface area contributed by atoms with Gasteiger partial charge < -0.3 is 24.2 Å². The summed E-state index contributed by atoms with van der Waals surface area (Å²) >= 11 is 0. The van der Waals surface area contributed by atoms with Crippen LogP contribution in [0.1, 0.15) is 12.8 Å². The zero-order valence-corrected chi connectivity index (χ0v) is 15.6. The number of morpholine rings is 1. The molecule has 1 atom stereocenters. The highest BCUT2D eigenvalue weighted by Crippen LogP contribution is 2.13. The van der Waals surface area contributed by atoms with Gasteiger partial charge in [-0.3, -0.25) is 9.59 Å². The summed E-state index contributed by atoms with van der Waals surface area (Å²) in [6.07, 6.45) is 1.91. The van der Waals surface area contributed by atoms with Gasteiger partial charge in [0.05, 0.1) is 25.1 Å². The van der Waals surface area contributed by atoms with Crippen LogP contribution in [0.3, 0.4) is 0 Å². The first-order chi connectivity index (χ1) is 12.3. The van der Waals surface area contributed by atoms with E-state index in [1.165, 1.54) is 0 Å². The monoisotopic (exact) mass is 394 g/mol. The second-order valence-electron chi connectivity index (χ2n) is 6.40. The fourth-order valence-electron chi connectivity index (χ4n) is 2.87. The van der Waals surface area contributed by atoms with Crippen molar-refractivity contribution in [2.45, 2.75) is 25.0 Å². The zero-order chi connectivity index (χ0) is 19.2. The molecule has 11 heteroatoms. The Morgan fingerprint density at radius 1 is 1.27 bits per heavy atom. The van der Waals surface area contributed by atoms with Gasteiger partial charge in [0, 0.05) is 32.8 Å². The summed E-state index contributed by atoms with van der Waals surface area (Å²) in [4.78, 5) is 24.8. The highest BCUT2D eigenvalue weighted by molar-refractivity contribution is 7.88. The number of hydrogen-bond donors (Lipinski definition) is 1. The number of carbonyl (C=O) groups is 2. The third-order valence-electron chi connectivity index (χ3n) is 4.29. The average molecular weight is 394 g/mol. The molecule has 0 aromatic rings. The molecule has 0 aromatic carbocycles. The summed E-state index contributed by atoms with van der Waals surface area (Å²) in [6.45, 7) is 1.31. The SMILES string of the molecule is CS(=O)(=O)N(CC(=O)O)CC1CN(C(=O)COC2CCOCC2)CCO1. The molecule has 0 radical (unpaired) electrons. The number of carboxylic acids is 1. The van der Waals surface area contributed by atoms with Crippen LogP contribution in [0.15, 0.2) is 0 Å². The van der Waals surface area contributed by atoms with Crippen molar-refractivity contribution in [3.8, 4) is 0 Å². The highest BCUT2D eigenvalue weighted by atomic mass is 32.2. The summed E-state index contributed by atoms with van der Waals surface area (Å²) in [5, 5.41) is 8.87. The van der Waals surface area contributed by atoms with Gasteiger partial charge in [0.25, 0.3) is 0 Å². The number of sulfonamides is 1. The molecule has 0 bridgehead atoms. The van der Waals surface area contributed by atoms with E-state index >= 15 is 0 Å². The van der Waals surface area contributed by atoms with E-state index in [1.54, 1.807) is 4.90 Å².